The molecule has 1 heterocycles. The molecule has 0 saturated carbocycles. The summed E-state index contributed by atoms with van der Waals surface area (Å²) in [7, 11) is 0. The van der Waals surface area contributed by atoms with Gasteiger partial charge in [0.2, 0.25) is 0 Å². The summed E-state index contributed by atoms with van der Waals surface area (Å²) in [6.07, 6.45) is 0.915. The molecule has 2 N–H and O–H groups in total. The van der Waals surface area contributed by atoms with Gasteiger partial charge >= 0.3 is 0 Å². The molecule has 0 bridgehead atoms. The van der Waals surface area contributed by atoms with Gasteiger partial charge in [0.05, 0.1) is 13.2 Å². The number of aliphatic hydroxyl groups excluding tert-OH is 1. The Morgan fingerprint density at radius 1 is 1.62 bits per heavy atom. The van der Waals surface area contributed by atoms with Crippen LogP contribution >= 0.6 is 15.9 Å². The van der Waals surface area contributed by atoms with Crippen molar-refractivity contribution in [1.82, 2.24) is 5.32 Å². The molecule has 74 valence electrons. The van der Waals surface area contributed by atoms with Gasteiger partial charge in [-0.05, 0) is 34.5 Å². The standard InChI is InChI=1S/C9H14BrNO2/c1-2-7(6-12)11-5-8-3-4-9(10)13-8/h3-4,7,11-12H,2,5-6H2,1H3/t7-/m1/s1. The normalized spacial score (nSPS) is 13.2. The molecule has 0 spiro atoms. The van der Waals surface area contributed by atoms with Gasteiger partial charge < -0.3 is 14.8 Å². The van der Waals surface area contributed by atoms with E-state index in [1.807, 2.05) is 19.1 Å². The molecular weight excluding hydrogens is 234 g/mol. The highest BCUT2D eigenvalue weighted by molar-refractivity contribution is 9.10. The van der Waals surface area contributed by atoms with Crippen LogP contribution in [-0.4, -0.2) is 17.8 Å². The number of furan rings is 1. The predicted molar refractivity (Wildman–Crippen MR) is 54.4 cm³/mol. The van der Waals surface area contributed by atoms with Gasteiger partial charge in [-0.3, -0.25) is 0 Å². The van der Waals surface area contributed by atoms with E-state index in [4.69, 9.17) is 9.52 Å². The zero-order valence-electron chi connectivity index (χ0n) is 7.59. The first-order valence-electron chi connectivity index (χ1n) is 4.34. The maximum Gasteiger partial charge on any atom is 0.169 e. The van der Waals surface area contributed by atoms with Crippen LogP contribution in [-0.2, 0) is 6.54 Å². The summed E-state index contributed by atoms with van der Waals surface area (Å²) in [5.41, 5.74) is 0. The number of rotatable bonds is 5. The molecule has 1 aromatic heterocycles. The molecule has 1 aromatic rings. The number of aliphatic hydroxyl groups is 1. The molecule has 0 aliphatic heterocycles. The summed E-state index contributed by atoms with van der Waals surface area (Å²) in [5.74, 6) is 0.874. The van der Waals surface area contributed by atoms with Crippen molar-refractivity contribution in [2.45, 2.75) is 25.9 Å². The summed E-state index contributed by atoms with van der Waals surface area (Å²) in [6.45, 7) is 2.86. The smallest absolute Gasteiger partial charge is 0.169 e. The second-order valence-corrected chi connectivity index (χ2v) is 3.66. The zero-order chi connectivity index (χ0) is 9.68. The third-order valence-electron chi connectivity index (χ3n) is 1.91. The van der Waals surface area contributed by atoms with Crippen molar-refractivity contribution in [2.75, 3.05) is 6.61 Å². The van der Waals surface area contributed by atoms with E-state index in [-0.39, 0.29) is 12.6 Å². The molecule has 13 heavy (non-hydrogen) atoms. The second kappa shape index (κ2) is 5.42. The lowest BCUT2D eigenvalue weighted by molar-refractivity contribution is 0.235. The van der Waals surface area contributed by atoms with Crippen molar-refractivity contribution < 1.29 is 9.52 Å². The fourth-order valence-corrected chi connectivity index (χ4v) is 1.37. The molecule has 0 fully saturated rings. The average Bonchev–Trinajstić information content (AvgIpc) is 2.53. The predicted octanol–water partition coefficient (Wildman–Crippen LogP) is 1.90. The van der Waals surface area contributed by atoms with E-state index in [0.29, 0.717) is 6.54 Å². The Labute approximate surface area is 86.3 Å². The van der Waals surface area contributed by atoms with Crippen LogP contribution in [0.15, 0.2) is 21.2 Å². The second-order valence-electron chi connectivity index (χ2n) is 2.87. The Kier molecular flexibility index (Phi) is 4.48. The van der Waals surface area contributed by atoms with E-state index >= 15 is 0 Å². The maximum atomic E-state index is 8.91. The Morgan fingerprint density at radius 2 is 2.38 bits per heavy atom. The van der Waals surface area contributed by atoms with E-state index in [9.17, 15) is 0 Å². The minimum atomic E-state index is 0.156. The van der Waals surface area contributed by atoms with E-state index in [1.165, 1.54) is 0 Å². The van der Waals surface area contributed by atoms with Crippen LogP contribution in [0.3, 0.4) is 0 Å². The molecule has 0 aliphatic rings. The molecule has 0 saturated heterocycles. The summed E-state index contributed by atoms with van der Waals surface area (Å²) in [4.78, 5) is 0. The van der Waals surface area contributed by atoms with Gasteiger partial charge in [-0.2, -0.15) is 0 Å². The van der Waals surface area contributed by atoms with Crippen LogP contribution in [0.1, 0.15) is 19.1 Å². The van der Waals surface area contributed by atoms with Gasteiger partial charge in [-0.1, -0.05) is 6.92 Å². The molecule has 0 aliphatic carbocycles. The van der Waals surface area contributed by atoms with E-state index in [0.717, 1.165) is 16.9 Å². The Hall–Kier alpha value is -0.320. The van der Waals surface area contributed by atoms with Crippen molar-refractivity contribution in [3.63, 3.8) is 0 Å². The number of hydrogen-bond acceptors (Lipinski definition) is 3. The van der Waals surface area contributed by atoms with Gasteiger partial charge in [0.15, 0.2) is 4.67 Å². The van der Waals surface area contributed by atoms with Crippen molar-refractivity contribution in [3.05, 3.63) is 22.6 Å². The van der Waals surface area contributed by atoms with Crippen molar-refractivity contribution >= 4 is 15.9 Å². The third-order valence-corrected chi connectivity index (χ3v) is 2.33. The monoisotopic (exact) mass is 247 g/mol. The lowest BCUT2D eigenvalue weighted by Gasteiger charge is -2.12. The van der Waals surface area contributed by atoms with Crippen molar-refractivity contribution in [2.24, 2.45) is 0 Å². The lowest BCUT2D eigenvalue weighted by atomic mass is 10.2. The third kappa shape index (κ3) is 3.50. The van der Waals surface area contributed by atoms with E-state index in [2.05, 4.69) is 21.2 Å². The van der Waals surface area contributed by atoms with Gasteiger partial charge in [-0.25, -0.2) is 0 Å². The van der Waals surface area contributed by atoms with E-state index < -0.39 is 0 Å². The Morgan fingerprint density at radius 3 is 2.85 bits per heavy atom. The summed E-state index contributed by atoms with van der Waals surface area (Å²) >= 11 is 3.23. The molecule has 1 atom stereocenters. The minimum absolute atomic E-state index is 0.156. The highest BCUT2D eigenvalue weighted by atomic mass is 79.9. The first kappa shape index (κ1) is 10.8. The van der Waals surface area contributed by atoms with Crippen LogP contribution in [0.4, 0.5) is 0 Å². The van der Waals surface area contributed by atoms with Crippen LogP contribution in [0.5, 0.6) is 0 Å². The van der Waals surface area contributed by atoms with Crippen LogP contribution < -0.4 is 5.32 Å². The topological polar surface area (TPSA) is 45.4 Å². The van der Waals surface area contributed by atoms with Crippen molar-refractivity contribution in [3.8, 4) is 0 Å². The number of nitrogens with one attached hydrogen (secondary N) is 1. The van der Waals surface area contributed by atoms with Gasteiger partial charge in [0.1, 0.15) is 5.76 Å². The largest absolute Gasteiger partial charge is 0.453 e. The van der Waals surface area contributed by atoms with Gasteiger partial charge in [0.25, 0.3) is 0 Å². The molecular formula is C9H14BrNO2. The number of hydrogen-bond donors (Lipinski definition) is 2. The zero-order valence-corrected chi connectivity index (χ0v) is 9.17. The quantitative estimate of drug-likeness (QED) is 0.836. The highest BCUT2D eigenvalue weighted by Crippen LogP contribution is 2.13. The summed E-state index contributed by atoms with van der Waals surface area (Å²) in [6, 6.07) is 3.92. The molecule has 0 radical (unpaired) electrons. The highest BCUT2D eigenvalue weighted by Gasteiger charge is 2.04. The SMILES string of the molecule is CC[C@H](CO)NCc1ccc(Br)o1. The molecule has 4 heteroatoms. The maximum absolute atomic E-state index is 8.91. The average molecular weight is 248 g/mol. The fraction of sp³-hybridized carbons (Fsp3) is 0.556. The molecule has 3 nitrogen and oxygen atoms in total. The minimum Gasteiger partial charge on any atom is -0.453 e. The van der Waals surface area contributed by atoms with Gasteiger partial charge in [0, 0.05) is 6.04 Å². The van der Waals surface area contributed by atoms with Crippen LogP contribution in [0.25, 0.3) is 0 Å². The fourth-order valence-electron chi connectivity index (χ4n) is 1.03. The Balaban J connectivity index is 2.33. The van der Waals surface area contributed by atoms with Crippen molar-refractivity contribution in [1.29, 1.82) is 0 Å². The molecule has 1 rings (SSSR count). The van der Waals surface area contributed by atoms with E-state index in [1.54, 1.807) is 0 Å². The summed E-state index contributed by atoms with van der Waals surface area (Å²) in [5, 5.41) is 12.1. The molecule has 0 amide bonds. The van der Waals surface area contributed by atoms with Gasteiger partial charge in [-0.15, -0.1) is 0 Å². The molecule has 0 aromatic carbocycles. The lowest BCUT2D eigenvalue weighted by Crippen LogP contribution is -2.30. The molecule has 0 unspecified atom stereocenters. The number of halogens is 1. The first-order valence-corrected chi connectivity index (χ1v) is 5.14. The first-order chi connectivity index (χ1) is 6.26. The Bertz CT molecular complexity index is 246. The van der Waals surface area contributed by atoms with Crippen LogP contribution in [0.2, 0.25) is 0 Å². The van der Waals surface area contributed by atoms with Crippen LogP contribution in [0, 0.1) is 0 Å². The summed E-state index contributed by atoms with van der Waals surface area (Å²) < 4.78 is 6.03.